The van der Waals surface area contributed by atoms with Crippen molar-refractivity contribution >= 4 is 27.6 Å². The van der Waals surface area contributed by atoms with Crippen LogP contribution in [-0.2, 0) is 24.3 Å². The van der Waals surface area contributed by atoms with Gasteiger partial charge in [-0.2, -0.15) is 4.31 Å². The highest BCUT2D eigenvalue weighted by Crippen LogP contribution is 2.38. The second-order valence-corrected chi connectivity index (χ2v) is 8.03. The summed E-state index contributed by atoms with van der Waals surface area (Å²) in [7, 11) is -3.60. The van der Waals surface area contributed by atoms with Gasteiger partial charge in [0.15, 0.2) is 6.61 Å². The number of esters is 1. The lowest BCUT2D eigenvalue weighted by molar-refractivity contribution is -0.148. The van der Waals surface area contributed by atoms with Gasteiger partial charge in [0, 0.05) is 18.8 Å². The molecule has 2 atom stereocenters. The van der Waals surface area contributed by atoms with Crippen molar-refractivity contribution in [3.8, 4) is 0 Å². The summed E-state index contributed by atoms with van der Waals surface area (Å²) in [4.78, 5) is 23.6. The quantitative estimate of drug-likeness (QED) is 0.707. The molecule has 0 unspecified atom stereocenters. The van der Waals surface area contributed by atoms with Gasteiger partial charge in [0.05, 0.1) is 10.8 Å². The van der Waals surface area contributed by atoms with E-state index in [0.717, 1.165) is 6.42 Å². The third-order valence-corrected chi connectivity index (χ3v) is 6.26. The van der Waals surface area contributed by atoms with Crippen LogP contribution < -0.4 is 5.32 Å². The van der Waals surface area contributed by atoms with Crippen molar-refractivity contribution < 1.29 is 22.7 Å². The van der Waals surface area contributed by atoms with E-state index in [-0.39, 0.29) is 23.4 Å². The van der Waals surface area contributed by atoms with Gasteiger partial charge >= 0.3 is 5.97 Å². The molecule has 0 bridgehead atoms. The summed E-state index contributed by atoms with van der Waals surface area (Å²) < 4.78 is 31.3. The van der Waals surface area contributed by atoms with Gasteiger partial charge in [0.1, 0.15) is 0 Å². The summed E-state index contributed by atoms with van der Waals surface area (Å²) in [6.07, 6.45) is 0.797. The smallest absolute Gasteiger partial charge is 0.309 e. The molecule has 0 aromatic heterocycles. The molecule has 1 N–H and O–H groups in total. The molecule has 2 rings (SSSR count). The van der Waals surface area contributed by atoms with Crippen LogP contribution in [-0.4, -0.2) is 44.3 Å². The Kier molecular flexibility index (Phi) is 6.18. The number of hydrogen-bond donors (Lipinski definition) is 1. The fraction of sp³-hybridized carbons (Fsp3) is 0.529. The topological polar surface area (TPSA) is 92.8 Å². The minimum atomic E-state index is -3.60. The predicted molar refractivity (Wildman–Crippen MR) is 93.4 cm³/mol. The Balaban J connectivity index is 1.99. The molecule has 1 saturated carbocycles. The molecule has 0 heterocycles. The minimum Gasteiger partial charge on any atom is -0.455 e. The standard InChI is InChI=1S/C17H24N2O5S/c1-4-19(5-2)25(22,23)14-8-6-7-13(10-14)18-16(20)11-24-17(21)15-9-12(15)3/h6-8,10,12,15H,4-5,9,11H2,1-3H3,(H,18,20)/t12-,15+/m1/s1. The molecule has 1 aromatic carbocycles. The van der Waals surface area contributed by atoms with Gasteiger partial charge in [0.25, 0.3) is 5.91 Å². The molecule has 0 radical (unpaired) electrons. The zero-order valence-electron chi connectivity index (χ0n) is 14.7. The maximum atomic E-state index is 12.5. The summed E-state index contributed by atoms with van der Waals surface area (Å²) in [5.74, 6) is -0.646. The van der Waals surface area contributed by atoms with Gasteiger partial charge in [-0.05, 0) is 30.5 Å². The van der Waals surface area contributed by atoms with E-state index < -0.39 is 15.9 Å². The van der Waals surface area contributed by atoms with Gasteiger partial charge in [-0.1, -0.05) is 26.8 Å². The summed E-state index contributed by atoms with van der Waals surface area (Å²) in [6.45, 7) is 5.84. The van der Waals surface area contributed by atoms with Crippen molar-refractivity contribution in [3.05, 3.63) is 24.3 Å². The van der Waals surface area contributed by atoms with E-state index in [4.69, 9.17) is 4.74 Å². The van der Waals surface area contributed by atoms with Gasteiger partial charge in [-0.25, -0.2) is 8.42 Å². The molecule has 1 fully saturated rings. The van der Waals surface area contributed by atoms with Gasteiger partial charge in [-0.3, -0.25) is 9.59 Å². The van der Waals surface area contributed by atoms with Crippen molar-refractivity contribution in [1.82, 2.24) is 4.31 Å². The normalized spacial score (nSPS) is 19.5. The van der Waals surface area contributed by atoms with Crippen LogP contribution in [0.15, 0.2) is 29.2 Å². The molecule has 7 nitrogen and oxygen atoms in total. The lowest BCUT2D eigenvalue weighted by atomic mass is 10.3. The van der Waals surface area contributed by atoms with E-state index in [1.807, 2.05) is 6.92 Å². The van der Waals surface area contributed by atoms with Gasteiger partial charge < -0.3 is 10.1 Å². The lowest BCUT2D eigenvalue weighted by Gasteiger charge is -2.18. The monoisotopic (exact) mass is 368 g/mol. The molecular weight excluding hydrogens is 344 g/mol. The van der Waals surface area contributed by atoms with Crippen molar-refractivity contribution in [2.24, 2.45) is 11.8 Å². The van der Waals surface area contributed by atoms with Crippen LogP contribution in [0.3, 0.4) is 0 Å². The first kappa shape index (κ1) is 19.4. The Morgan fingerprint density at radius 1 is 1.28 bits per heavy atom. The second-order valence-electron chi connectivity index (χ2n) is 6.09. The fourth-order valence-corrected chi connectivity index (χ4v) is 4.04. The number of carbonyl (C=O) groups excluding carboxylic acids is 2. The maximum absolute atomic E-state index is 12.5. The third kappa shape index (κ3) is 4.79. The summed E-state index contributed by atoms with van der Waals surface area (Å²) >= 11 is 0. The number of rotatable bonds is 8. The second kappa shape index (κ2) is 7.97. The first-order chi connectivity index (χ1) is 11.8. The molecule has 0 spiro atoms. The lowest BCUT2D eigenvalue weighted by Crippen LogP contribution is -2.30. The fourth-order valence-electron chi connectivity index (χ4n) is 2.54. The number of sulfonamides is 1. The van der Waals surface area contributed by atoms with Crippen LogP contribution in [0.1, 0.15) is 27.2 Å². The largest absolute Gasteiger partial charge is 0.455 e. The number of amides is 1. The number of ether oxygens (including phenoxy) is 1. The molecule has 25 heavy (non-hydrogen) atoms. The summed E-state index contributed by atoms with van der Waals surface area (Å²) in [6, 6.07) is 6.03. The van der Waals surface area contributed by atoms with E-state index >= 15 is 0 Å². The zero-order chi connectivity index (χ0) is 18.6. The summed E-state index contributed by atoms with van der Waals surface area (Å²) in [5.41, 5.74) is 0.342. The Morgan fingerprint density at radius 2 is 1.92 bits per heavy atom. The van der Waals surface area contributed by atoms with Crippen LogP contribution in [0.2, 0.25) is 0 Å². The van der Waals surface area contributed by atoms with Crippen LogP contribution in [0, 0.1) is 11.8 Å². The maximum Gasteiger partial charge on any atom is 0.309 e. The van der Waals surface area contributed by atoms with Crippen molar-refractivity contribution in [1.29, 1.82) is 0 Å². The van der Waals surface area contributed by atoms with Crippen LogP contribution in [0.4, 0.5) is 5.69 Å². The molecular formula is C17H24N2O5S. The number of anilines is 1. The predicted octanol–water partition coefficient (Wildman–Crippen LogP) is 1.85. The molecule has 1 aliphatic carbocycles. The van der Waals surface area contributed by atoms with Crippen LogP contribution in [0.25, 0.3) is 0 Å². The SMILES string of the molecule is CCN(CC)S(=O)(=O)c1cccc(NC(=O)COC(=O)[C@H]2C[C@H]2C)c1. The Hall–Kier alpha value is -1.93. The summed E-state index contributed by atoms with van der Waals surface area (Å²) in [5, 5.41) is 2.56. The molecule has 138 valence electrons. The van der Waals surface area contributed by atoms with Gasteiger partial charge in [-0.15, -0.1) is 0 Å². The number of carbonyl (C=O) groups is 2. The molecule has 1 amide bonds. The first-order valence-corrected chi connectivity index (χ1v) is 9.80. The molecule has 1 aliphatic rings. The third-order valence-electron chi connectivity index (χ3n) is 4.22. The highest BCUT2D eigenvalue weighted by molar-refractivity contribution is 7.89. The molecule has 1 aromatic rings. The highest BCUT2D eigenvalue weighted by atomic mass is 32.2. The number of nitrogens with zero attached hydrogens (tertiary/aromatic N) is 1. The van der Waals surface area contributed by atoms with E-state index in [9.17, 15) is 18.0 Å². The van der Waals surface area contributed by atoms with Gasteiger partial charge in [0.2, 0.25) is 10.0 Å². The number of benzene rings is 1. The van der Waals surface area contributed by atoms with Crippen molar-refractivity contribution in [3.63, 3.8) is 0 Å². The molecule has 8 heteroatoms. The van der Waals surface area contributed by atoms with Crippen LogP contribution in [0.5, 0.6) is 0 Å². The molecule has 0 aliphatic heterocycles. The van der Waals surface area contributed by atoms with E-state index in [1.165, 1.54) is 16.4 Å². The number of hydrogen-bond acceptors (Lipinski definition) is 5. The highest BCUT2D eigenvalue weighted by Gasteiger charge is 2.40. The first-order valence-electron chi connectivity index (χ1n) is 8.36. The Labute approximate surface area is 148 Å². The molecule has 0 saturated heterocycles. The average Bonchev–Trinajstić information content (AvgIpc) is 3.30. The Bertz CT molecular complexity index is 743. The van der Waals surface area contributed by atoms with E-state index in [1.54, 1.807) is 26.0 Å². The van der Waals surface area contributed by atoms with E-state index in [0.29, 0.717) is 24.7 Å². The van der Waals surface area contributed by atoms with Crippen molar-refractivity contribution in [2.45, 2.75) is 32.1 Å². The average molecular weight is 368 g/mol. The van der Waals surface area contributed by atoms with Crippen LogP contribution >= 0.6 is 0 Å². The zero-order valence-corrected chi connectivity index (χ0v) is 15.5. The number of nitrogens with one attached hydrogen (secondary N) is 1. The Morgan fingerprint density at radius 3 is 2.48 bits per heavy atom. The van der Waals surface area contributed by atoms with E-state index in [2.05, 4.69) is 5.32 Å². The van der Waals surface area contributed by atoms with Crippen molar-refractivity contribution in [2.75, 3.05) is 25.0 Å². The minimum absolute atomic E-state index is 0.102.